The minimum atomic E-state index is 0.380. The van der Waals surface area contributed by atoms with E-state index >= 15 is 0 Å². The standard InChI is InChI=1S/C6H2BrClN2/c7-5-1-6(8)10-3-4(5)2-9/h1,3H. The number of rotatable bonds is 0. The molecule has 0 aliphatic carbocycles. The van der Waals surface area contributed by atoms with Crippen LogP contribution < -0.4 is 0 Å². The van der Waals surface area contributed by atoms with Crippen LogP contribution in [-0.2, 0) is 0 Å². The second-order valence-electron chi connectivity index (χ2n) is 1.60. The van der Waals surface area contributed by atoms with Gasteiger partial charge in [0.05, 0.1) is 5.56 Å². The Labute approximate surface area is 71.6 Å². The molecule has 0 bridgehead atoms. The highest BCUT2D eigenvalue weighted by Gasteiger charge is 1.98. The molecule has 1 heterocycles. The molecule has 0 spiro atoms. The van der Waals surface area contributed by atoms with Gasteiger partial charge in [0.25, 0.3) is 0 Å². The van der Waals surface area contributed by atoms with Crippen molar-refractivity contribution in [3.05, 3.63) is 27.5 Å². The summed E-state index contributed by atoms with van der Waals surface area (Å²) in [6.07, 6.45) is 1.42. The number of hydrogen-bond acceptors (Lipinski definition) is 2. The topological polar surface area (TPSA) is 36.7 Å². The first-order chi connectivity index (χ1) is 4.74. The fraction of sp³-hybridized carbons (Fsp3) is 0. The Morgan fingerprint density at radius 2 is 2.40 bits per heavy atom. The third kappa shape index (κ3) is 1.47. The van der Waals surface area contributed by atoms with Crippen LogP contribution >= 0.6 is 27.5 Å². The molecule has 0 saturated carbocycles. The lowest BCUT2D eigenvalue weighted by Crippen LogP contribution is -1.80. The lowest BCUT2D eigenvalue weighted by Gasteiger charge is -1.92. The molecule has 0 saturated heterocycles. The van der Waals surface area contributed by atoms with Crippen LogP contribution in [0.3, 0.4) is 0 Å². The Morgan fingerprint density at radius 1 is 1.70 bits per heavy atom. The maximum Gasteiger partial charge on any atom is 0.130 e. The zero-order valence-corrected chi connectivity index (χ0v) is 7.15. The molecular weight excluding hydrogens is 215 g/mol. The van der Waals surface area contributed by atoms with Gasteiger partial charge in [0.2, 0.25) is 0 Å². The quantitative estimate of drug-likeness (QED) is 0.626. The third-order valence-electron chi connectivity index (χ3n) is 0.941. The Balaban J connectivity index is 3.23. The highest BCUT2D eigenvalue weighted by molar-refractivity contribution is 9.10. The number of aromatic nitrogens is 1. The summed E-state index contributed by atoms with van der Waals surface area (Å²) in [5.41, 5.74) is 0.490. The van der Waals surface area contributed by atoms with Crippen LogP contribution in [0.15, 0.2) is 16.7 Å². The summed E-state index contributed by atoms with van der Waals surface area (Å²) in [7, 11) is 0. The SMILES string of the molecule is N#Cc1cnc(Cl)cc1Br. The monoisotopic (exact) mass is 216 g/mol. The molecular formula is C6H2BrClN2. The van der Waals surface area contributed by atoms with Crippen molar-refractivity contribution in [1.82, 2.24) is 4.98 Å². The molecule has 0 fully saturated rings. The summed E-state index contributed by atoms with van der Waals surface area (Å²) in [6, 6.07) is 3.54. The van der Waals surface area contributed by atoms with E-state index in [-0.39, 0.29) is 0 Å². The minimum Gasteiger partial charge on any atom is -0.243 e. The Morgan fingerprint density at radius 3 is 2.90 bits per heavy atom. The normalized spacial score (nSPS) is 8.90. The van der Waals surface area contributed by atoms with Crippen molar-refractivity contribution >= 4 is 27.5 Å². The summed E-state index contributed by atoms with van der Waals surface area (Å²) >= 11 is 8.68. The average Bonchev–Trinajstić information content (AvgIpc) is 1.88. The second-order valence-corrected chi connectivity index (χ2v) is 2.84. The summed E-state index contributed by atoms with van der Waals surface area (Å²) in [5, 5.41) is 8.83. The van der Waals surface area contributed by atoms with Crippen LogP contribution in [0.25, 0.3) is 0 Å². The van der Waals surface area contributed by atoms with Gasteiger partial charge in [-0.2, -0.15) is 5.26 Å². The van der Waals surface area contributed by atoms with Crippen LogP contribution in [0.5, 0.6) is 0 Å². The summed E-state index contributed by atoms with van der Waals surface area (Å²) in [6.45, 7) is 0. The Bertz CT molecular complexity index is 292. The Kier molecular flexibility index (Phi) is 2.25. The fourth-order valence-corrected chi connectivity index (χ4v) is 1.19. The van der Waals surface area contributed by atoms with E-state index < -0.39 is 0 Å². The molecule has 0 aliphatic rings. The van der Waals surface area contributed by atoms with E-state index in [4.69, 9.17) is 16.9 Å². The van der Waals surface area contributed by atoms with Crippen LogP contribution in [0.4, 0.5) is 0 Å². The van der Waals surface area contributed by atoms with Gasteiger partial charge in [-0.05, 0) is 22.0 Å². The maximum absolute atomic E-state index is 8.45. The van der Waals surface area contributed by atoms with Crippen molar-refractivity contribution in [2.24, 2.45) is 0 Å². The molecule has 1 aromatic heterocycles. The molecule has 1 aromatic rings. The molecule has 0 atom stereocenters. The van der Waals surface area contributed by atoms with Gasteiger partial charge >= 0.3 is 0 Å². The molecule has 50 valence electrons. The lowest BCUT2D eigenvalue weighted by atomic mass is 10.3. The van der Waals surface area contributed by atoms with Crippen molar-refractivity contribution in [3.63, 3.8) is 0 Å². The lowest BCUT2D eigenvalue weighted by molar-refractivity contribution is 1.29. The maximum atomic E-state index is 8.45. The van der Waals surface area contributed by atoms with Gasteiger partial charge in [-0.3, -0.25) is 0 Å². The number of pyridine rings is 1. The van der Waals surface area contributed by atoms with E-state index in [2.05, 4.69) is 20.9 Å². The van der Waals surface area contributed by atoms with E-state index in [1.807, 2.05) is 6.07 Å². The van der Waals surface area contributed by atoms with Gasteiger partial charge < -0.3 is 0 Å². The highest BCUT2D eigenvalue weighted by Crippen LogP contribution is 2.17. The molecule has 0 N–H and O–H groups in total. The van der Waals surface area contributed by atoms with Crippen LogP contribution in [0.2, 0.25) is 5.15 Å². The second kappa shape index (κ2) is 3.00. The van der Waals surface area contributed by atoms with E-state index in [1.165, 1.54) is 6.20 Å². The number of hydrogen-bond donors (Lipinski definition) is 0. The van der Waals surface area contributed by atoms with Crippen molar-refractivity contribution < 1.29 is 0 Å². The zero-order chi connectivity index (χ0) is 7.56. The highest BCUT2D eigenvalue weighted by atomic mass is 79.9. The zero-order valence-electron chi connectivity index (χ0n) is 4.81. The van der Waals surface area contributed by atoms with Crippen molar-refractivity contribution in [2.75, 3.05) is 0 Å². The number of nitriles is 1. The number of nitrogens with zero attached hydrogens (tertiary/aromatic N) is 2. The van der Waals surface area contributed by atoms with Crippen molar-refractivity contribution in [3.8, 4) is 6.07 Å². The first-order valence-corrected chi connectivity index (χ1v) is 3.62. The predicted octanol–water partition coefficient (Wildman–Crippen LogP) is 2.37. The van der Waals surface area contributed by atoms with Gasteiger partial charge in [0.1, 0.15) is 11.2 Å². The van der Waals surface area contributed by atoms with E-state index in [9.17, 15) is 0 Å². The van der Waals surface area contributed by atoms with Crippen LogP contribution in [0.1, 0.15) is 5.56 Å². The molecule has 1 rings (SSSR count). The van der Waals surface area contributed by atoms with Crippen molar-refractivity contribution in [2.45, 2.75) is 0 Å². The fourth-order valence-electron chi connectivity index (χ4n) is 0.490. The molecule has 2 nitrogen and oxygen atoms in total. The van der Waals surface area contributed by atoms with E-state index in [1.54, 1.807) is 6.07 Å². The smallest absolute Gasteiger partial charge is 0.130 e. The van der Waals surface area contributed by atoms with Gasteiger partial charge in [0.15, 0.2) is 0 Å². The first kappa shape index (κ1) is 7.52. The molecule has 10 heavy (non-hydrogen) atoms. The molecule has 0 radical (unpaired) electrons. The summed E-state index contributed by atoms with van der Waals surface area (Å²) in [4.78, 5) is 3.72. The Hall–Kier alpha value is -0.590. The van der Waals surface area contributed by atoms with E-state index in [0.29, 0.717) is 15.2 Å². The van der Waals surface area contributed by atoms with E-state index in [0.717, 1.165) is 0 Å². The minimum absolute atomic E-state index is 0.380. The summed E-state index contributed by atoms with van der Waals surface area (Å²) < 4.78 is 0.676. The third-order valence-corrected chi connectivity index (χ3v) is 1.80. The summed E-state index contributed by atoms with van der Waals surface area (Å²) in [5.74, 6) is 0. The van der Waals surface area contributed by atoms with Crippen LogP contribution in [-0.4, -0.2) is 4.98 Å². The van der Waals surface area contributed by atoms with Gasteiger partial charge in [-0.25, -0.2) is 4.98 Å². The molecule has 0 amide bonds. The largest absolute Gasteiger partial charge is 0.243 e. The van der Waals surface area contributed by atoms with Gasteiger partial charge in [0, 0.05) is 10.7 Å². The van der Waals surface area contributed by atoms with Crippen LogP contribution in [0, 0.1) is 11.3 Å². The number of halogens is 2. The average molecular weight is 217 g/mol. The molecule has 0 unspecified atom stereocenters. The van der Waals surface area contributed by atoms with Gasteiger partial charge in [-0.15, -0.1) is 0 Å². The van der Waals surface area contributed by atoms with Crippen molar-refractivity contribution in [1.29, 1.82) is 5.26 Å². The predicted molar refractivity (Wildman–Crippen MR) is 41.7 cm³/mol. The van der Waals surface area contributed by atoms with Gasteiger partial charge in [-0.1, -0.05) is 11.6 Å². The molecule has 0 aliphatic heterocycles. The first-order valence-electron chi connectivity index (χ1n) is 2.45. The molecule has 0 aromatic carbocycles. The molecule has 4 heteroatoms.